The van der Waals surface area contributed by atoms with Gasteiger partial charge < -0.3 is 5.11 Å². The third kappa shape index (κ3) is 2.87. The van der Waals surface area contributed by atoms with Gasteiger partial charge in [-0.25, -0.2) is 0 Å². The fourth-order valence-corrected chi connectivity index (χ4v) is 8.10. The first kappa shape index (κ1) is 25.4. The van der Waals surface area contributed by atoms with Crippen molar-refractivity contribution in [1.82, 2.24) is 9.80 Å². The number of carbonyl (C=O) groups is 2. The number of nitro groups is 2. The van der Waals surface area contributed by atoms with Crippen LogP contribution in [0, 0.1) is 25.6 Å². The zero-order chi connectivity index (χ0) is 28.9. The molecule has 2 spiro atoms. The van der Waals surface area contributed by atoms with Crippen molar-refractivity contribution in [2.45, 2.75) is 17.2 Å². The van der Waals surface area contributed by atoms with Crippen LogP contribution in [0.4, 0.5) is 11.4 Å². The quantitative estimate of drug-likeness (QED) is 0.293. The van der Waals surface area contributed by atoms with Gasteiger partial charge >= 0.3 is 0 Å². The van der Waals surface area contributed by atoms with Gasteiger partial charge in [0.1, 0.15) is 5.54 Å². The topological polar surface area (TPSA) is 147 Å². The molecule has 11 heteroatoms. The van der Waals surface area contributed by atoms with E-state index in [0.29, 0.717) is 27.8 Å². The Balaban J connectivity index is 1.50. The van der Waals surface area contributed by atoms with Crippen molar-refractivity contribution in [2.24, 2.45) is 5.41 Å². The zero-order valence-electron chi connectivity index (χ0n) is 21.9. The highest BCUT2D eigenvalue weighted by molar-refractivity contribution is 6.18. The van der Waals surface area contributed by atoms with Crippen LogP contribution in [0.15, 0.2) is 78.4 Å². The number of aliphatic hydroxyl groups is 1. The number of hydrogen-bond acceptors (Lipinski definition) is 9. The fourth-order valence-electron chi connectivity index (χ4n) is 8.10. The van der Waals surface area contributed by atoms with Gasteiger partial charge in [-0.1, -0.05) is 48.5 Å². The first-order valence-corrected chi connectivity index (χ1v) is 13.1. The van der Waals surface area contributed by atoms with Gasteiger partial charge in [-0.2, -0.15) is 0 Å². The lowest BCUT2D eigenvalue weighted by Crippen LogP contribution is -2.66. The molecule has 1 unspecified atom stereocenters. The van der Waals surface area contributed by atoms with Crippen molar-refractivity contribution in [1.29, 1.82) is 0 Å². The van der Waals surface area contributed by atoms with E-state index in [1.54, 1.807) is 65.4 Å². The van der Waals surface area contributed by atoms with Gasteiger partial charge in [0.05, 0.1) is 15.3 Å². The second-order valence-corrected chi connectivity index (χ2v) is 11.2. The number of nitrogens with zero attached hydrogens (tertiary/aromatic N) is 4. The molecular weight excluding hydrogens is 528 g/mol. The van der Waals surface area contributed by atoms with Crippen molar-refractivity contribution in [3.63, 3.8) is 0 Å². The van der Waals surface area contributed by atoms with Crippen molar-refractivity contribution in [3.05, 3.63) is 121 Å². The lowest BCUT2D eigenvalue weighted by Gasteiger charge is -2.44. The van der Waals surface area contributed by atoms with Crippen LogP contribution in [-0.4, -0.2) is 68.5 Å². The van der Waals surface area contributed by atoms with Gasteiger partial charge in [0, 0.05) is 66.5 Å². The number of likely N-dealkylation sites (tertiary alicyclic amines) is 1. The van der Waals surface area contributed by atoms with Crippen LogP contribution in [0.3, 0.4) is 0 Å². The third-order valence-electron chi connectivity index (χ3n) is 9.51. The molecule has 1 N–H and O–H groups in total. The van der Waals surface area contributed by atoms with E-state index < -0.39 is 32.4 Å². The molecule has 206 valence electrons. The zero-order valence-corrected chi connectivity index (χ0v) is 21.9. The summed E-state index contributed by atoms with van der Waals surface area (Å²) < 4.78 is 0. The highest BCUT2D eigenvalue weighted by Gasteiger charge is 2.87. The molecule has 5 atom stereocenters. The molecule has 11 nitrogen and oxygen atoms in total. The Morgan fingerprint density at radius 3 is 2.34 bits per heavy atom. The minimum atomic E-state index is -1.85. The molecule has 0 radical (unpaired) electrons. The summed E-state index contributed by atoms with van der Waals surface area (Å²) in [6.45, 7) is 0.276. The molecule has 41 heavy (non-hydrogen) atoms. The molecule has 1 aliphatic carbocycles. The summed E-state index contributed by atoms with van der Waals surface area (Å²) in [7, 11) is 1.72. The van der Waals surface area contributed by atoms with Crippen molar-refractivity contribution >= 4 is 29.0 Å². The molecule has 3 heterocycles. The third-order valence-corrected chi connectivity index (χ3v) is 9.51. The van der Waals surface area contributed by atoms with Crippen LogP contribution in [0.1, 0.15) is 33.0 Å². The lowest BCUT2D eigenvalue weighted by atomic mass is 9.58. The number of fused-ring (bicyclic) bond motifs is 4. The van der Waals surface area contributed by atoms with E-state index in [1.165, 1.54) is 30.3 Å². The van der Waals surface area contributed by atoms with Gasteiger partial charge in [-0.15, -0.1) is 0 Å². The van der Waals surface area contributed by atoms with Gasteiger partial charge in [0.15, 0.2) is 17.3 Å². The van der Waals surface area contributed by atoms with Crippen LogP contribution in [0.2, 0.25) is 0 Å². The van der Waals surface area contributed by atoms with E-state index >= 15 is 0 Å². The van der Waals surface area contributed by atoms with Crippen LogP contribution in [0.25, 0.3) is 6.08 Å². The highest BCUT2D eigenvalue weighted by Crippen LogP contribution is 2.71. The molecule has 4 aliphatic rings. The minimum Gasteiger partial charge on any atom is -0.369 e. The number of ketones is 2. The standard InChI is InChI=1S/C30H24N4O7/c1-31-16-25(19-7-5-9-22(14-19)34(40)41)28-17-32(30(37)24-11-3-2-10-23(24)27(36)29(28,30)31)15-20(26(28)35)12-18-6-4-8-21(13-18)33(38)39/h2-14,25,37H,15-17H2,1H3/b20-12+/t25-,28+,29-,30-/m1/s1. The van der Waals surface area contributed by atoms with Gasteiger partial charge in [-0.3, -0.25) is 39.6 Å². The molecule has 3 aliphatic heterocycles. The first-order valence-electron chi connectivity index (χ1n) is 13.1. The number of benzene rings is 3. The maximum atomic E-state index is 14.9. The molecule has 2 bridgehead atoms. The molecule has 3 aromatic carbocycles. The predicted molar refractivity (Wildman–Crippen MR) is 146 cm³/mol. The van der Waals surface area contributed by atoms with Gasteiger partial charge in [0.2, 0.25) is 0 Å². The number of hydrogen-bond donors (Lipinski definition) is 1. The lowest BCUT2D eigenvalue weighted by molar-refractivity contribution is -0.385. The van der Waals surface area contributed by atoms with Crippen LogP contribution < -0.4 is 0 Å². The summed E-state index contributed by atoms with van der Waals surface area (Å²) in [5.41, 5.74) is -3.26. The van der Waals surface area contributed by atoms with Crippen LogP contribution in [0.5, 0.6) is 0 Å². The molecule has 0 aromatic heterocycles. The number of Topliss-reactive ketones (excluding diaryl/α,β-unsaturated/α-hetero) is 2. The minimum absolute atomic E-state index is 0.0125. The SMILES string of the molecule is CN1C[C@H](c2cccc([N+](=O)[O-])c2)[C@@]23CN(C/C(=C\c4cccc([N+](=O)[O-])c4)C2=O)[C@@]2(O)c4ccccc4C(=O)[C@@]132. The molecule has 7 rings (SSSR count). The van der Waals surface area contributed by atoms with E-state index in [0.717, 1.165) is 0 Å². The molecule has 0 amide bonds. The summed E-state index contributed by atoms with van der Waals surface area (Å²) in [6, 6.07) is 18.8. The first-order chi connectivity index (χ1) is 19.6. The van der Waals surface area contributed by atoms with Crippen molar-refractivity contribution in [2.75, 3.05) is 26.7 Å². The summed E-state index contributed by atoms with van der Waals surface area (Å²) in [5, 5.41) is 35.8. The Morgan fingerprint density at radius 1 is 0.927 bits per heavy atom. The number of carbonyl (C=O) groups excluding carboxylic acids is 2. The van der Waals surface area contributed by atoms with Crippen LogP contribution in [-0.2, 0) is 10.5 Å². The Bertz CT molecular complexity index is 1750. The van der Waals surface area contributed by atoms with Crippen molar-refractivity contribution in [3.8, 4) is 0 Å². The average molecular weight is 553 g/mol. The summed E-state index contributed by atoms with van der Waals surface area (Å²) in [5.74, 6) is -1.37. The highest BCUT2D eigenvalue weighted by atomic mass is 16.6. The average Bonchev–Trinajstić information content (AvgIpc) is 3.43. The number of likely N-dealkylation sites (N-methyl/N-ethyl adjacent to an activating group) is 1. The van der Waals surface area contributed by atoms with E-state index in [-0.39, 0.29) is 42.6 Å². The second-order valence-electron chi connectivity index (χ2n) is 11.2. The molecular formula is C30H24N4O7. The Kier molecular flexibility index (Phi) is 5.09. The second kappa shape index (κ2) is 8.23. The normalized spacial score (nSPS) is 32.6. The largest absolute Gasteiger partial charge is 0.369 e. The fraction of sp³-hybridized carbons (Fsp3) is 0.267. The maximum Gasteiger partial charge on any atom is 0.270 e. The van der Waals surface area contributed by atoms with E-state index in [4.69, 9.17) is 0 Å². The smallest absolute Gasteiger partial charge is 0.270 e. The summed E-state index contributed by atoms with van der Waals surface area (Å²) in [6.07, 6.45) is 1.58. The van der Waals surface area contributed by atoms with E-state index in [9.17, 15) is 34.9 Å². The number of non-ortho nitro benzene ring substituents is 2. The molecule has 3 saturated heterocycles. The number of nitro benzene ring substituents is 2. The van der Waals surface area contributed by atoms with Crippen LogP contribution >= 0.6 is 0 Å². The maximum absolute atomic E-state index is 14.9. The Hall–Kier alpha value is -4.58. The summed E-state index contributed by atoms with van der Waals surface area (Å²) >= 11 is 0. The Labute approximate surface area is 233 Å². The number of piperidine rings is 1. The van der Waals surface area contributed by atoms with Gasteiger partial charge in [0.25, 0.3) is 11.4 Å². The van der Waals surface area contributed by atoms with Gasteiger partial charge in [-0.05, 0) is 24.3 Å². The summed E-state index contributed by atoms with van der Waals surface area (Å²) in [4.78, 5) is 55.0. The number of rotatable bonds is 4. The van der Waals surface area contributed by atoms with E-state index in [2.05, 4.69) is 0 Å². The monoisotopic (exact) mass is 552 g/mol. The molecule has 3 fully saturated rings. The Morgan fingerprint density at radius 2 is 1.61 bits per heavy atom. The molecule has 0 saturated carbocycles. The van der Waals surface area contributed by atoms with E-state index in [1.807, 2.05) is 0 Å². The predicted octanol–water partition coefficient (Wildman–Crippen LogP) is 3.28. The van der Waals surface area contributed by atoms with Crippen molar-refractivity contribution < 1.29 is 24.5 Å². The molecule has 3 aromatic rings.